The van der Waals surface area contributed by atoms with Crippen molar-refractivity contribution in [2.75, 3.05) is 13.3 Å². The van der Waals surface area contributed by atoms with E-state index in [9.17, 15) is 9.60 Å². The minimum absolute atomic E-state index is 0.0613. The smallest absolute Gasteiger partial charge is 0.188 e. The predicted octanol–water partition coefficient (Wildman–Crippen LogP) is 1.26. The number of ether oxygens (including phenoxy) is 1. The van der Waals surface area contributed by atoms with Crippen molar-refractivity contribution in [3.8, 4) is 12.3 Å². The highest BCUT2D eigenvalue weighted by Gasteiger charge is 2.35. The normalized spacial score (nSPS) is 24.9. The molecular weight excluding hydrogens is 275 g/mol. The summed E-state index contributed by atoms with van der Waals surface area (Å²) in [5, 5.41) is 20.3. The summed E-state index contributed by atoms with van der Waals surface area (Å²) in [4.78, 5) is 0. The van der Waals surface area contributed by atoms with Gasteiger partial charge < -0.3 is 14.6 Å². The standard InChI is InChI=1S/C14H13FN4O2/c1-2-11-3-4-12(7-14(11)15)19(20)9-13(21-10-19)8-18-6-5-16-17-18/h1,3-7,13H,8-10H2/t13-,19?/m1/s1. The molecule has 7 heteroatoms. The Morgan fingerprint density at radius 1 is 1.57 bits per heavy atom. The number of benzene rings is 1. The van der Waals surface area contributed by atoms with E-state index in [0.717, 1.165) is 0 Å². The van der Waals surface area contributed by atoms with E-state index in [2.05, 4.69) is 16.2 Å². The molecule has 1 aromatic heterocycles. The van der Waals surface area contributed by atoms with Crippen molar-refractivity contribution < 1.29 is 9.13 Å². The zero-order chi connectivity index (χ0) is 14.9. The number of hydrogen-bond acceptors (Lipinski definition) is 4. The van der Waals surface area contributed by atoms with Gasteiger partial charge in [-0.25, -0.2) is 9.07 Å². The van der Waals surface area contributed by atoms with Crippen LogP contribution in [0, 0.1) is 23.4 Å². The Morgan fingerprint density at radius 2 is 2.43 bits per heavy atom. The topological polar surface area (TPSA) is 63.0 Å². The number of hydrogen-bond donors (Lipinski definition) is 0. The van der Waals surface area contributed by atoms with Gasteiger partial charge in [0.05, 0.1) is 18.3 Å². The van der Waals surface area contributed by atoms with E-state index < -0.39 is 10.5 Å². The number of terminal acetylenes is 1. The molecule has 1 aliphatic heterocycles. The maximum atomic E-state index is 13.7. The predicted molar refractivity (Wildman–Crippen MR) is 74.1 cm³/mol. The van der Waals surface area contributed by atoms with E-state index in [0.29, 0.717) is 12.2 Å². The van der Waals surface area contributed by atoms with Crippen LogP contribution >= 0.6 is 0 Å². The summed E-state index contributed by atoms with van der Waals surface area (Å²) in [6.45, 7) is 0.566. The van der Waals surface area contributed by atoms with Crippen molar-refractivity contribution in [1.29, 1.82) is 0 Å². The van der Waals surface area contributed by atoms with E-state index >= 15 is 0 Å². The van der Waals surface area contributed by atoms with Gasteiger partial charge in [-0.15, -0.1) is 11.5 Å². The van der Waals surface area contributed by atoms with Crippen LogP contribution in [0.3, 0.4) is 0 Å². The molecule has 1 saturated heterocycles. The molecule has 0 saturated carbocycles. The van der Waals surface area contributed by atoms with E-state index in [-0.39, 0.29) is 24.9 Å². The number of rotatable bonds is 3. The van der Waals surface area contributed by atoms with E-state index in [1.165, 1.54) is 12.1 Å². The van der Waals surface area contributed by atoms with Crippen LogP contribution in [-0.4, -0.2) is 34.4 Å². The average molecular weight is 288 g/mol. The molecule has 21 heavy (non-hydrogen) atoms. The summed E-state index contributed by atoms with van der Waals surface area (Å²) >= 11 is 0. The second-order valence-corrected chi connectivity index (χ2v) is 4.92. The molecule has 0 spiro atoms. The average Bonchev–Trinajstić information content (AvgIpc) is 3.10. The Balaban J connectivity index is 1.76. The zero-order valence-electron chi connectivity index (χ0n) is 11.1. The van der Waals surface area contributed by atoms with Gasteiger partial charge in [0.1, 0.15) is 24.2 Å². The third-order valence-corrected chi connectivity index (χ3v) is 3.46. The van der Waals surface area contributed by atoms with Crippen LogP contribution in [0.15, 0.2) is 30.6 Å². The first-order valence-corrected chi connectivity index (χ1v) is 6.41. The molecule has 2 atom stereocenters. The van der Waals surface area contributed by atoms with Crippen molar-refractivity contribution in [3.63, 3.8) is 0 Å². The maximum absolute atomic E-state index is 13.7. The Bertz CT molecular complexity index is 683. The Labute approximate surface area is 120 Å². The van der Waals surface area contributed by atoms with Crippen molar-refractivity contribution in [2.24, 2.45) is 0 Å². The largest absolute Gasteiger partial charge is 0.626 e. The van der Waals surface area contributed by atoms with Crippen molar-refractivity contribution >= 4 is 5.69 Å². The molecule has 1 fully saturated rings. The van der Waals surface area contributed by atoms with Gasteiger partial charge in [0.25, 0.3) is 0 Å². The molecule has 1 aliphatic rings. The second-order valence-electron chi connectivity index (χ2n) is 4.92. The molecule has 108 valence electrons. The number of nitrogens with zero attached hydrogens (tertiary/aromatic N) is 4. The lowest BCUT2D eigenvalue weighted by molar-refractivity contribution is 0.0854. The van der Waals surface area contributed by atoms with Gasteiger partial charge in [0, 0.05) is 18.3 Å². The molecule has 2 heterocycles. The van der Waals surface area contributed by atoms with Crippen LogP contribution < -0.4 is 4.65 Å². The van der Waals surface area contributed by atoms with Crippen LogP contribution in [0.4, 0.5) is 10.1 Å². The Hall–Kier alpha value is -2.27. The summed E-state index contributed by atoms with van der Waals surface area (Å²) < 4.78 is 20.1. The zero-order valence-corrected chi connectivity index (χ0v) is 11.1. The molecule has 6 nitrogen and oxygen atoms in total. The first-order chi connectivity index (χ1) is 10.1. The molecule has 0 bridgehead atoms. The van der Waals surface area contributed by atoms with Crippen molar-refractivity contribution in [3.05, 3.63) is 47.2 Å². The van der Waals surface area contributed by atoms with Crippen LogP contribution in [0.2, 0.25) is 0 Å². The summed E-state index contributed by atoms with van der Waals surface area (Å²) in [5.74, 6) is 1.66. The van der Waals surface area contributed by atoms with Gasteiger partial charge >= 0.3 is 0 Å². The molecule has 1 unspecified atom stereocenters. The third-order valence-electron chi connectivity index (χ3n) is 3.46. The number of quaternary nitrogens is 1. The summed E-state index contributed by atoms with van der Waals surface area (Å²) in [6, 6.07) is 4.17. The van der Waals surface area contributed by atoms with Crippen LogP contribution in [0.25, 0.3) is 0 Å². The highest BCUT2D eigenvalue weighted by Crippen LogP contribution is 2.29. The van der Waals surface area contributed by atoms with Crippen LogP contribution in [0.5, 0.6) is 0 Å². The first-order valence-electron chi connectivity index (χ1n) is 6.41. The van der Waals surface area contributed by atoms with Gasteiger partial charge in [-0.3, -0.25) is 0 Å². The molecule has 0 radical (unpaired) electrons. The summed E-state index contributed by atoms with van der Waals surface area (Å²) in [6.07, 6.45) is 8.13. The summed E-state index contributed by atoms with van der Waals surface area (Å²) in [7, 11) is 0. The quantitative estimate of drug-likeness (QED) is 0.484. The lowest BCUT2D eigenvalue weighted by Gasteiger charge is -2.36. The molecule has 1 aromatic carbocycles. The van der Waals surface area contributed by atoms with Crippen LogP contribution in [-0.2, 0) is 11.3 Å². The Morgan fingerprint density at radius 3 is 3.10 bits per heavy atom. The lowest BCUT2D eigenvalue weighted by Crippen LogP contribution is -2.41. The van der Waals surface area contributed by atoms with Gasteiger partial charge in [-0.1, -0.05) is 11.1 Å². The van der Waals surface area contributed by atoms with Crippen LogP contribution in [0.1, 0.15) is 5.56 Å². The number of hydroxylamine groups is 2. The van der Waals surface area contributed by atoms with E-state index in [4.69, 9.17) is 11.2 Å². The lowest BCUT2D eigenvalue weighted by atomic mass is 10.2. The highest BCUT2D eigenvalue weighted by atomic mass is 19.1. The fourth-order valence-corrected chi connectivity index (χ4v) is 2.36. The van der Waals surface area contributed by atoms with Gasteiger partial charge in [0.15, 0.2) is 6.73 Å². The van der Waals surface area contributed by atoms with E-state index in [1.807, 2.05) is 0 Å². The second kappa shape index (κ2) is 5.26. The number of aromatic nitrogens is 3. The minimum Gasteiger partial charge on any atom is -0.626 e. The molecule has 0 aliphatic carbocycles. The Kier molecular flexibility index (Phi) is 3.43. The highest BCUT2D eigenvalue weighted by molar-refractivity contribution is 5.49. The SMILES string of the molecule is C#Cc1ccc([N+]2([O-])CO[C@H](Cn3ccnn3)C2)cc1F. The third kappa shape index (κ3) is 2.64. The molecule has 3 rings (SSSR count). The molecule has 2 aromatic rings. The van der Waals surface area contributed by atoms with Crippen molar-refractivity contribution in [1.82, 2.24) is 19.6 Å². The minimum atomic E-state index is -0.735. The van der Waals surface area contributed by atoms with Gasteiger partial charge in [-0.2, -0.15) is 0 Å². The van der Waals surface area contributed by atoms with Gasteiger partial charge in [-0.05, 0) is 6.07 Å². The maximum Gasteiger partial charge on any atom is 0.188 e. The molecular formula is C14H13FN4O2. The van der Waals surface area contributed by atoms with Crippen molar-refractivity contribution in [2.45, 2.75) is 12.6 Å². The van der Waals surface area contributed by atoms with E-state index in [1.54, 1.807) is 23.1 Å². The fraction of sp³-hybridized carbons (Fsp3) is 0.286. The van der Waals surface area contributed by atoms with Gasteiger partial charge in [0.2, 0.25) is 0 Å². The number of halogens is 1. The first kappa shape index (κ1) is 13.7. The molecule has 0 N–H and O–H groups in total. The molecule has 0 amide bonds. The fourth-order valence-electron chi connectivity index (χ4n) is 2.36. The monoisotopic (exact) mass is 288 g/mol. The summed E-state index contributed by atoms with van der Waals surface area (Å²) in [5.41, 5.74) is 0.442.